The van der Waals surface area contributed by atoms with E-state index in [9.17, 15) is 0 Å². The Morgan fingerprint density at radius 1 is 1.38 bits per heavy atom. The molecule has 88 valence electrons. The molecule has 1 heterocycles. The summed E-state index contributed by atoms with van der Waals surface area (Å²) < 4.78 is 0. The van der Waals surface area contributed by atoms with Crippen molar-refractivity contribution in [2.75, 3.05) is 11.9 Å². The van der Waals surface area contributed by atoms with E-state index in [1.807, 2.05) is 13.0 Å². The largest absolute Gasteiger partial charge is 0.352 e. The number of nitrogens with two attached hydrogens (primary N) is 1. The fourth-order valence-corrected chi connectivity index (χ4v) is 2.22. The predicted octanol–water partition coefficient (Wildman–Crippen LogP) is 1.86. The third-order valence-corrected chi connectivity index (χ3v) is 3.24. The van der Waals surface area contributed by atoms with Crippen LogP contribution < -0.4 is 11.1 Å². The van der Waals surface area contributed by atoms with Gasteiger partial charge in [0.25, 0.3) is 0 Å². The summed E-state index contributed by atoms with van der Waals surface area (Å²) in [6.07, 6.45) is 7.78. The van der Waals surface area contributed by atoms with Gasteiger partial charge in [0.05, 0.1) is 0 Å². The normalized spacial score (nSPS) is 19.4. The van der Waals surface area contributed by atoms with Gasteiger partial charge in [-0.3, -0.25) is 0 Å². The van der Waals surface area contributed by atoms with Gasteiger partial charge >= 0.3 is 0 Å². The van der Waals surface area contributed by atoms with Crippen LogP contribution in [0.5, 0.6) is 0 Å². The fraction of sp³-hybridized carbons (Fsp3) is 0.667. The van der Waals surface area contributed by atoms with Gasteiger partial charge in [0.2, 0.25) is 5.95 Å². The molecule has 0 aromatic carbocycles. The molecule has 4 heteroatoms. The van der Waals surface area contributed by atoms with Crippen molar-refractivity contribution in [1.29, 1.82) is 0 Å². The van der Waals surface area contributed by atoms with Crippen LogP contribution in [0.2, 0.25) is 0 Å². The number of hydrogen-bond donors (Lipinski definition) is 2. The molecule has 1 aliphatic carbocycles. The Kier molecular flexibility index (Phi) is 3.39. The maximum Gasteiger partial charge on any atom is 0.222 e. The van der Waals surface area contributed by atoms with Crippen LogP contribution in [0.1, 0.15) is 37.8 Å². The van der Waals surface area contributed by atoms with Crippen molar-refractivity contribution in [3.05, 3.63) is 18.0 Å². The van der Waals surface area contributed by atoms with Crippen LogP contribution in [-0.2, 0) is 0 Å². The molecule has 0 saturated heterocycles. The van der Waals surface area contributed by atoms with E-state index >= 15 is 0 Å². The number of aryl methyl sites for hydroxylation is 1. The van der Waals surface area contributed by atoms with Crippen LogP contribution in [0.3, 0.4) is 0 Å². The average molecular weight is 220 g/mol. The average Bonchev–Trinajstić information content (AvgIpc) is 2.28. The molecular formula is C12H20N4. The zero-order valence-electron chi connectivity index (χ0n) is 9.87. The van der Waals surface area contributed by atoms with Crippen molar-refractivity contribution in [2.24, 2.45) is 5.73 Å². The quantitative estimate of drug-likeness (QED) is 0.816. The van der Waals surface area contributed by atoms with Crippen molar-refractivity contribution in [3.8, 4) is 0 Å². The number of rotatable bonds is 3. The molecule has 1 aromatic heterocycles. The van der Waals surface area contributed by atoms with Gasteiger partial charge in [-0.15, -0.1) is 0 Å². The first-order valence-corrected chi connectivity index (χ1v) is 6.00. The summed E-state index contributed by atoms with van der Waals surface area (Å²) in [4.78, 5) is 8.49. The van der Waals surface area contributed by atoms with E-state index in [-0.39, 0.29) is 5.54 Å². The summed E-state index contributed by atoms with van der Waals surface area (Å²) >= 11 is 0. The molecule has 1 aliphatic rings. The van der Waals surface area contributed by atoms with Crippen molar-refractivity contribution in [3.63, 3.8) is 0 Å². The Labute approximate surface area is 96.7 Å². The number of anilines is 1. The number of nitrogens with one attached hydrogen (secondary N) is 1. The highest BCUT2D eigenvalue weighted by atomic mass is 15.1. The summed E-state index contributed by atoms with van der Waals surface area (Å²) in [6.45, 7) is 2.74. The molecule has 4 nitrogen and oxygen atoms in total. The van der Waals surface area contributed by atoms with Gasteiger partial charge in [0.15, 0.2) is 0 Å². The van der Waals surface area contributed by atoms with E-state index in [1.54, 1.807) is 6.20 Å². The van der Waals surface area contributed by atoms with E-state index in [2.05, 4.69) is 15.3 Å². The van der Waals surface area contributed by atoms with Crippen molar-refractivity contribution >= 4 is 5.95 Å². The Morgan fingerprint density at radius 2 is 2.12 bits per heavy atom. The highest BCUT2D eigenvalue weighted by Gasteiger charge is 2.27. The van der Waals surface area contributed by atoms with Crippen LogP contribution in [-0.4, -0.2) is 22.1 Å². The third kappa shape index (κ3) is 2.92. The van der Waals surface area contributed by atoms with Gasteiger partial charge in [-0.05, 0) is 25.8 Å². The highest BCUT2D eigenvalue weighted by molar-refractivity contribution is 5.25. The zero-order valence-corrected chi connectivity index (χ0v) is 9.87. The Balaban J connectivity index is 1.91. The van der Waals surface area contributed by atoms with Crippen LogP contribution >= 0.6 is 0 Å². The number of hydrogen-bond acceptors (Lipinski definition) is 4. The standard InChI is InChI=1S/C12H20N4/c1-10-5-8-14-11(16-10)15-9-12(13)6-3-2-4-7-12/h5,8H,2-4,6-7,9,13H2,1H3,(H,14,15,16). The topological polar surface area (TPSA) is 63.8 Å². The summed E-state index contributed by atoms with van der Waals surface area (Å²) in [6, 6.07) is 1.89. The minimum atomic E-state index is -0.0641. The maximum absolute atomic E-state index is 6.33. The van der Waals surface area contributed by atoms with Crippen molar-refractivity contribution in [2.45, 2.75) is 44.6 Å². The lowest BCUT2D eigenvalue weighted by Crippen LogP contribution is -2.47. The molecule has 3 N–H and O–H groups in total. The van der Waals surface area contributed by atoms with Crippen molar-refractivity contribution < 1.29 is 0 Å². The SMILES string of the molecule is Cc1ccnc(NCC2(N)CCCCC2)n1. The maximum atomic E-state index is 6.33. The molecule has 0 spiro atoms. The first-order chi connectivity index (χ1) is 7.68. The second-order valence-electron chi connectivity index (χ2n) is 4.80. The molecule has 0 radical (unpaired) electrons. The molecule has 1 fully saturated rings. The van der Waals surface area contributed by atoms with E-state index in [0.29, 0.717) is 5.95 Å². The first kappa shape index (κ1) is 11.3. The van der Waals surface area contributed by atoms with E-state index in [1.165, 1.54) is 19.3 Å². The van der Waals surface area contributed by atoms with Gasteiger partial charge < -0.3 is 11.1 Å². The third-order valence-electron chi connectivity index (χ3n) is 3.24. The lowest BCUT2D eigenvalue weighted by molar-refractivity contribution is 0.310. The summed E-state index contributed by atoms with van der Waals surface area (Å²) in [5.41, 5.74) is 7.24. The lowest BCUT2D eigenvalue weighted by Gasteiger charge is -2.33. The molecule has 0 amide bonds. The summed E-state index contributed by atoms with van der Waals surface area (Å²) in [5, 5.41) is 3.25. The van der Waals surface area contributed by atoms with Gasteiger partial charge in [-0.1, -0.05) is 19.3 Å². The second kappa shape index (κ2) is 4.78. The molecule has 0 unspecified atom stereocenters. The molecule has 1 saturated carbocycles. The molecule has 2 rings (SSSR count). The molecule has 0 bridgehead atoms. The van der Waals surface area contributed by atoms with Gasteiger partial charge in [0, 0.05) is 24.0 Å². The van der Waals surface area contributed by atoms with Gasteiger partial charge in [-0.2, -0.15) is 0 Å². The Bertz CT molecular complexity index is 345. The van der Waals surface area contributed by atoms with Crippen LogP contribution in [0.4, 0.5) is 5.95 Å². The lowest BCUT2D eigenvalue weighted by atomic mass is 9.82. The zero-order chi connectivity index (χ0) is 11.4. The molecule has 0 atom stereocenters. The van der Waals surface area contributed by atoms with E-state index < -0.39 is 0 Å². The molecule has 16 heavy (non-hydrogen) atoms. The molecular weight excluding hydrogens is 200 g/mol. The van der Waals surface area contributed by atoms with Crippen LogP contribution in [0.15, 0.2) is 12.3 Å². The highest BCUT2D eigenvalue weighted by Crippen LogP contribution is 2.25. The van der Waals surface area contributed by atoms with E-state index in [0.717, 1.165) is 25.1 Å². The molecule has 0 aliphatic heterocycles. The summed E-state index contributed by atoms with van der Waals surface area (Å²) in [5.74, 6) is 0.690. The predicted molar refractivity (Wildman–Crippen MR) is 65.3 cm³/mol. The van der Waals surface area contributed by atoms with E-state index in [4.69, 9.17) is 5.73 Å². The first-order valence-electron chi connectivity index (χ1n) is 6.00. The number of nitrogens with zero attached hydrogens (tertiary/aromatic N) is 2. The van der Waals surface area contributed by atoms with Crippen LogP contribution in [0.25, 0.3) is 0 Å². The minimum Gasteiger partial charge on any atom is -0.352 e. The monoisotopic (exact) mass is 220 g/mol. The van der Waals surface area contributed by atoms with Gasteiger partial charge in [0.1, 0.15) is 0 Å². The fourth-order valence-electron chi connectivity index (χ4n) is 2.22. The summed E-state index contributed by atoms with van der Waals surface area (Å²) in [7, 11) is 0. The van der Waals surface area contributed by atoms with Crippen LogP contribution in [0, 0.1) is 6.92 Å². The van der Waals surface area contributed by atoms with Crippen molar-refractivity contribution in [1.82, 2.24) is 9.97 Å². The smallest absolute Gasteiger partial charge is 0.222 e. The Morgan fingerprint density at radius 3 is 2.81 bits per heavy atom. The Hall–Kier alpha value is -1.16. The molecule has 1 aromatic rings. The number of aromatic nitrogens is 2. The second-order valence-corrected chi connectivity index (χ2v) is 4.80. The van der Waals surface area contributed by atoms with Gasteiger partial charge in [-0.25, -0.2) is 9.97 Å². The minimum absolute atomic E-state index is 0.0641.